The van der Waals surface area contributed by atoms with Crippen molar-refractivity contribution in [2.75, 3.05) is 0 Å². The lowest BCUT2D eigenvalue weighted by molar-refractivity contribution is 0.528. The molecule has 0 amide bonds. The van der Waals surface area contributed by atoms with Gasteiger partial charge in [-0.15, -0.1) is 21.8 Å². The first kappa shape index (κ1) is 8.94. The minimum atomic E-state index is 0.363. The summed E-state index contributed by atoms with van der Waals surface area (Å²) >= 11 is 6.02. The Kier molecular flexibility index (Phi) is 2.49. The van der Waals surface area contributed by atoms with Crippen molar-refractivity contribution in [3.63, 3.8) is 0 Å². The van der Waals surface area contributed by atoms with Gasteiger partial charge in [-0.25, -0.2) is 0 Å². The summed E-state index contributed by atoms with van der Waals surface area (Å²) in [7, 11) is 1.79. The SMILES string of the molecule is Cn1nnc(CC2CCC(Cl)C2)n1. The number of rotatable bonds is 2. The highest BCUT2D eigenvalue weighted by atomic mass is 35.5. The third-order valence-electron chi connectivity index (χ3n) is 2.50. The summed E-state index contributed by atoms with van der Waals surface area (Å²) < 4.78 is 0. The third-order valence-corrected chi connectivity index (χ3v) is 2.89. The van der Waals surface area contributed by atoms with Crippen molar-refractivity contribution in [2.45, 2.75) is 31.1 Å². The van der Waals surface area contributed by atoms with E-state index >= 15 is 0 Å². The molecule has 2 rings (SSSR count). The minimum Gasteiger partial charge on any atom is -0.167 e. The number of nitrogens with zero attached hydrogens (tertiary/aromatic N) is 4. The van der Waals surface area contributed by atoms with E-state index in [-0.39, 0.29) is 0 Å². The number of hydrogen-bond acceptors (Lipinski definition) is 3. The molecular formula is C8H13ClN4. The van der Waals surface area contributed by atoms with Gasteiger partial charge in [0.2, 0.25) is 0 Å². The number of hydrogen-bond donors (Lipinski definition) is 0. The molecule has 0 saturated heterocycles. The van der Waals surface area contributed by atoms with E-state index in [0.29, 0.717) is 11.3 Å². The van der Waals surface area contributed by atoms with Crippen molar-refractivity contribution in [1.82, 2.24) is 20.2 Å². The summed E-state index contributed by atoms with van der Waals surface area (Å²) in [6.07, 6.45) is 4.36. The molecule has 0 aliphatic heterocycles. The summed E-state index contributed by atoms with van der Waals surface area (Å²) in [5.41, 5.74) is 0. The van der Waals surface area contributed by atoms with Gasteiger partial charge in [0.15, 0.2) is 5.82 Å². The van der Waals surface area contributed by atoms with E-state index in [2.05, 4.69) is 15.4 Å². The summed E-state index contributed by atoms with van der Waals surface area (Å²) in [6, 6.07) is 0. The molecule has 1 aromatic heterocycles. The van der Waals surface area contributed by atoms with Gasteiger partial charge >= 0.3 is 0 Å². The number of halogens is 1. The van der Waals surface area contributed by atoms with Crippen molar-refractivity contribution < 1.29 is 0 Å². The van der Waals surface area contributed by atoms with Gasteiger partial charge in [-0.2, -0.15) is 4.80 Å². The zero-order valence-corrected chi connectivity index (χ0v) is 8.41. The first-order chi connectivity index (χ1) is 6.24. The van der Waals surface area contributed by atoms with Crippen molar-refractivity contribution in [2.24, 2.45) is 13.0 Å². The minimum absolute atomic E-state index is 0.363. The monoisotopic (exact) mass is 200 g/mol. The molecule has 0 bridgehead atoms. The first-order valence-electron chi connectivity index (χ1n) is 4.61. The van der Waals surface area contributed by atoms with E-state index in [4.69, 9.17) is 11.6 Å². The predicted octanol–water partition coefficient (Wildman–Crippen LogP) is 1.16. The Morgan fingerprint density at radius 3 is 2.92 bits per heavy atom. The highest BCUT2D eigenvalue weighted by Gasteiger charge is 2.24. The Balaban J connectivity index is 1.91. The van der Waals surface area contributed by atoms with Crippen LogP contribution in [0.2, 0.25) is 0 Å². The number of alkyl halides is 1. The van der Waals surface area contributed by atoms with Crippen molar-refractivity contribution in [1.29, 1.82) is 0 Å². The largest absolute Gasteiger partial charge is 0.175 e. The average Bonchev–Trinajstić information content (AvgIpc) is 2.62. The summed E-state index contributed by atoms with van der Waals surface area (Å²) in [5.74, 6) is 1.50. The number of aromatic nitrogens is 4. The molecule has 0 radical (unpaired) electrons. The fraction of sp³-hybridized carbons (Fsp3) is 0.875. The Labute approximate surface area is 82.3 Å². The first-order valence-corrected chi connectivity index (χ1v) is 5.04. The maximum atomic E-state index is 6.02. The molecule has 2 atom stereocenters. The van der Waals surface area contributed by atoms with Gasteiger partial charge in [0.05, 0.1) is 7.05 Å². The van der Waals surface area contributed by atoms with Crippen LogP contribution in [0.5, 0.6) is 0 Å². The molecule has 1 aromatic rings. The molecule has 1 heterocycles. The molecule has 5 heteroatoms. The second-order valence-corrected chi connectivity index (χ2v) is 4.29. The van der Waals surface area contributed by atoms with E-state index in [9.17, 15) is 0 Å². The van der Waals surface area contributed by atoms with Crippen molar-refractivity contribution >= 4 is 11.6 Å². The molecule has 4 nitrogen and oxygen atoms in total. The van der Waals surface area contributed by atoms with Crippen LogP contribution in [0.4, 0.5) is 0 Å². The lowest BCUT2D eigenvalue weighted by Crippen LogP contribution is -2.02. The zero-order chi connectivity index (χ0) is 9.26. The Morgan fingerprint density at radius 1 is 1.54 bits per heavy atom. The highest BCUT2D eigenvalue weighted by molar-refractivity contribution is 6.20. The van der Waals surface area contributed by atoms with Crippen LogP contribution in [-0.4, -0.2) is 25.6 Å². The second kappa shape index (κ2) is 3.62. The van der Waals surface area contributed by atoms with Crippen LogP contribution in [0.3, 0.4) is 0 Å². The van der Waals surface area contributed by atoms with E-state index < -0.39 is 0 Å². The topological polar surface area (TPSA) is 43.6 Å². The fourth-order valence-corrected chi connectivity index (χ4v) is 2.24. The average molecular weight is 201 g/mol. The molecule has 0 aromatic carbocycles. The molecule has 13 heavy (non-hydrogen) atoms. The summed E-state index contributed by atoms with van der Waals surface area (Å²) in [5, 5.41) is 12.3. The Morgan fingerprint density at radius 2 is 2.38 bits per heavy atom. The van der Waals surface area contributed by atoms with E-state index in [0.717, 1.165) is 25.1 Å². The van der Waals surface area contributed by atoms with Crippen LogP contribution in [0.1, 0.15) is 25.1 Å². The zero-order valence-electron chi connectivity index (χ0n) is 7.65. The van der Waals surface area contributed by atoms with Gasteiger partial charge < -0.3 is 0 Å². The highest BCUT2D eigenvalue weighted by Crippen LogP contribution is 2.30. The van der Waals surface area contributed by atoms with E-state index in [1.54, 1.807) is 7.05 Å². The van der Waals surface area contributed by atoms with Crippen LogP contribution in [-0.2, 0) is 13.5 Å². The number of tetrazole rings is 1. The summed E-state index contributed by atoms with van der Waals surface area (Å²) in [4.78, 5) is 1.50. The van der Waals surface area contributed by atoms with Crippen molar-refractivity contribution in [3.05, 3.63) is 5.82 Å². The van der Waals surface area contributed by atoms with Crippen LogP contribution >= 0.6 is 11.6 Å². The van der Waals surface area contributed by atoms with E-state index in [1.807, 2.05) is 0 Å². The van der Waals surface area contributed by atoms with Gasteiger partial charge in [0, 0.05) is 11.8 Å². The summed E-state index contributed by atoms with van der Waals surface area (Å²) in [6.45, 7) is 0. The van der Waals surface area contributed by atoms with Crippen LogP contribution in [0, 0.1) is 5.92 Å². The standard InChI is InChI=1S/C8H13ClN4/c1-13-11-8(10-12-13)5-6-2-3-7(9)4-6/h6-7H,2-5H2,1H3. The molecule has 0 spiro atoms. The van der Waals surface area contributed by atoms with Crippen LogP contribution in [0.15, 0.2) is 0 Å². The molecule has 2 unspecified atom stereocenters. The lowest BCUT2D eigenvalue weighted by Gasteiger charge is -2.03. The third kappa shape index (κ3) is 2.18. The fourth-order valence-electron chi connectivity index (χ4n) is 1.86. The van der Waals surface area contributed by atoms with Gasteiger partial charge in [-0.1, -0.05) is 0 Å². The maximum Gasteiger partial charge on any atom is 0.175 e. The molecule has 72 valence electrons. The van der Waals surface area contributed by atoms with Crippen LogP contribution in [0.25, 0.3) is 0 Å². The normalized spacial score (nSPS) is 28.2. The molecule has 0 N–H and O–H groups in total. The van der Waals surface area contributed by atoms with Crippen molar-refractivity contribution in [3.8, 4) is 0 Å². The smallest absolute Gasteiger partial charge is 0.167 e. The Bertz CT molecular complexity index is 285. The van der Waals surface area contributed by atoms with Gasteiger partial charge in [0.1, 0.15) is 0 Å². The van der Waals surface area contributed by atoms with E-state index in [1.165, 1.54) is 11.2 Å². The molecule has 1 fully saturated rings. The van der Waals surface area contributed by atoms with Gasteiger partial charge in [0.25, 0.3) is 0 Å². The second-order valence-electron chi connectivity index (χ2n) is 3.68. The molecule has 1 aliphatic rings. The molecular weight excluding hydrogens is 188 g/mol. The van der Waals surface area contributed by atoms with Crippen LogP contribution < -0.4 is 0 Å². The number of aryl methyl sites for hydroxylation is 1. The van der Waals surface area contributed by atoms with Gasteiger partial charge in [-0.3, -0.25) is 0 Å². The lowest BCUT2D eigenvalue weighted by atomic mass is 10.0. The van der Waals surface area contributed by atoms with Gasteiger partial charge in [-0.05, 0) is 30.4 Å². The maximum absolute atomic E-state index is 6.02. The predicted molar refractivity (Wildman–Crippen MR) is 49.5 cm³/mol. The quantitative estimate of drug-likeness (QED) is 0.673. The Hall–Kier alpha value is -0.640. The molecule has 1 saturated carbocycles. The molecule has 1 aliphatic carbocycles.